The molecule has 94 valence electrons. The monoisotopic (exact) mass is 263 g/mol. The fraction of sp³-hybridized carbons (Fsp3) is 0.200. The van der Waals surface area contributed by atoms with Crippen molar-refractivity contribution in [3.63, 3.8) is 0 Å². The van der Waals surface area contributed by atoms with Crippen LogP contribution in [0.1, 0.15) is 22.7 Å². The molecule has 0 spiro atoms. The highest BCUT2D eigenvalue weighted by Crippen LogP contribution is 2.22. The second-order valence-corrected chi connectivity index (χ2v) is 4.94. The van der Waals surface area contributed by atoms with Crippen molar-refractivity contribution >= 4 is 11.6 Å². The van der Waals surface area contributed by atoms with Crippen LogP contribution in [0.25, 0.3) is 0 Å². The summed E-state index contributed by atoms with van der Waals surface area (Å²) in [6, 6.07) is 12.1. The van der Waals surface area contributed by atoms with Gasteiger partial charge in [-0.1, -0.05) is 29.8 Å². The standard InChI is InChI=1S/C15H15ClFN/c1-10-5-12(9-13(16)6-10)15(18)8-11-3-2-4-14(17)7-11/h2-7,9,15H,8,18H2,1H3. The second-order valence-electron chi connectivity index (χ2n) is 4.50. The van der Waals surface area contributed by atoms with Gasteiger partial charge in [-0.25, -0.2) is 4.39 Å². The van der Waals surface area contributed by atoms with Crippen LogP contribution in [0.5, 0.6) is 0 Å². The molecule has 0 saturated heterocycles. The van der Waals surface area contributed by atoms with Gasteiger partial charge in [0.1, 0.15) is 5.82 Å². The Morgan fingerprint density at radius 1 is 1.22 bits per heavy atom. The molecule has 0 fully saturated rings. The predicted molar refractivity (Wildman–Crippen MR) is 73.2 cm³/mol. The molecule has 3 heteroatoms. The lowest BCUT2D eigenvalue weighted by Crippen LogP contribution is -2.13. The molecule has 0 bridgehead atoms. The number of hydrogen-bond acceptors (Lipinski definition) is 1. The highest BCUT2D eigenvalue weighted by molar-refractivity contribution is 6.30. The zero-order valence-corrected chi connectivity index (χ0v) is 10.9. The van der Waals surface area contributed by atoms with E-state index in [1.54, 1.807) is 6.07 Å². The summed E-state index contributed by atoms with van der Waals surface area (Å²) in [7, 11) is 0. The first-order valence-electron chi connectivity index (χ1n) is 5.82. The van der Waals surface area contributed by atoms with E-state index in [4.69, 9.17) is 17.3 Å². The number of halogens is 2. The maximum absolute atomic E-state index is 13.1. The Kier molecular flexibility index (Phi) is 4.00. The largest absolute Gasteiger partial charge is 0.324 e. The van der Waals surface area contributed by atoms with Crippen molar-refractivity contribution in [2.75, 3.05) is 0 Å². The average molecular weight is 264 g/mol. The molecule has 0 saturated carbocycles. The molecule has 2 aromatic carbocycles. The van der Waals surface area contributed by atoms with Crippen molar-refractivity contribution in [2.24, 2.45) is 5.73 Å². The van der Waals surface area contributed by atoms with Crippen LogP contribution < -0.4 is 5.73 Å². The molecule has 0 aliphatic carbocycles. The summed E-state index contributed by atoms with van der Waals surface area (Å²) in [5, 5.41) is 0.680. The highest BCUT2D eigenvalue weighted by Gasteiger charge is 2.09. The van der Waals surface area contributed by atoms with Gasteiger partial charge in [-0.2, -0.15) is 0 Å². The minimum absolute atomic E-state index is 0.177. The van der Waals surface area contributed by atoms with Gasteiger partial charge >= 0.3 is 0 Å². The molecule has 18 heavy (non-hydrogen) atoms. The molecule has 0 aliphatic rings. The molecule has 0 radical (unpaired) electrons. The minimum Gasteiger partial charge on any atom is -0.324 e. The van der Waals surface area contributed by atoms with Crippen LogP contribution in [0, 0.1) is 12.7 Å². The number of nitrogens with two attached hydrogens (primary N) is 1. The molecule has 2 rings (SSSR count). The first-order valence-corrected chi connectivity index (χ1v) is 6.19. The van der Waals surface area contributed by atoms with Crippen molar-refractivity contribution in [3.05, 3.63) is 70.0 Å². The summed E-state index contributed by atoms with van der Waals surface area (Å²) in [5.41, 5.74) is 9.08. The lowest BCUT2D eigenvalue weighted by molar-refractivity contribution is 0.622. The third-order valence-corrected chi connectivity index (χ3v) is 3.06. The quantitative estimate of drug-likeness (QED) is 0.889. The van der Waals surface area contributed by atoms with Gasteiger partial charge in [0.15, 0.2) is 0 Å². The van der Waals surface area contributed by atoms with Gasteiger partial charge in [-0.05, 0) is 54.3 Å². The van der Waals surface area contributed by atoms with E-state index in [1.165, 1.54) is 12.1 Å². The van der Waals surface area contributed by atoms with E-state index in [9.17, 15) is 4.39 Å². The molecular formula is C15H15ClFN. The average Bonchev–Trinajstić information content (AvgIpc) is 2.27. The van der Waals surface area contributed by atoms with Crippen LogP contribution in [0.15, 0.2) is 42.5 Å². The van der Waals surface area contributed by atoms with Gasteiger partial charge < -0.3 is 5.73 Å². The van der Waals surface area contributed by atoms with E-state index in [-0.39, 0.29) is 11.9 Å². The Hall–Kier alpha value is -1.38. The molecule has 1 nitrogen and oxygen atoms in total. The fourth-order valence-corrected chi connectivity index (χ4v) is 2.31. The maximum atomic E-state index is 13.1. The van der Waals surface area contributed by atoms with Crippen molar-refractivity contribution < 1.29 is 4.39 Å². The van der Waals surface area contributed by atoms with Crippen molar-refractivity contribution in [1.29, 1.82) is 0 Å². The van der Waals surface area contributed by atoms with Crippen LogP contribution in [0.3, 0.4) is 0 Å². The van der Waals surface area contributed by atoms with Crippen LogP contribution in [-0.4, -0.2) is 0 Å². The molecule has 1 atom stereocenters. The lowest BCUT2D eigenvalue weighted by Gasteiger charge is -2.13. The van der Waals surface area contributed by atoms with E-state index in [2.05, 4.69) is 0 Å². The zero-order valence-electron chi connectivity index (χ0n) is 10.2. The predicted octanol–water partition coefficient (Wildman–Crippen LogP) is 4.03. The van der Waals surface area contributed by atoms with E-state index in [0.29, 0.717) is 11.4 Å². The Morgan fingerprint density at radius 3 is 2.67 bits per heavy atom. The molecular weight excluding hydrogens is 249 g/mol. The van der Waals surface area contributed by atoms with E-state index in [0.717, 1.165) is 16.7 Å². The first kappa shape index (κ1) is 13.1. The van der Waals surface area contributed by atoms with Crippen LogP contribution >= 0.6 is 11.6 Å². The summed E-state index contributed by atoms with van der Waals surface area (Å²) in [6.07, 6.45) is 0.595. The van der Waals surface area contributed by atoms with Gasteiger partial charge in [-0.3, -0.25) is 0 Å². The van der Waals surface area contributed by atoms with Crippen LogP contribution in [-0.2, 0) is 6.42 Å². The third kappa shape index (κ3) is 3.31. The Bertz CT molecular complexity index is 534. The van der Waals surface area contributed by atoms with Crippen molar-refractivity contribution in [3.8, 4) is 0 Å². The molecule has 0 heterocycles. The molecule has 1 unspecified atom stereocenters. The van der Waals surface area contributed by atoms with Gasteiger partial charge in [0.2, 0.25) is 0 Å². The Morgan fingerprint density at radius 2 is 2.00 bits per heavy atom. The SMILES string of the molecule is Cc1cc(Cl)cc(C(N)Cc2cccc(F)c2)c1. The summed E-state index contributed by atoms with van der Waals surface area (Å²) >= 11 is 6.01. The molecule has 2 N–H and O–H groups in total. The maximum Gasteiger partial charge on any atom is 0.123 e. The summed E-state index contributed by atoms with van der Waals surface area (Å²) < 4.78 is 13.1. The number of rotatable bonds is 3. The summed E-state index contributed by atoms with van der Waals surface area (Å²) in [5.74, 6) is -0.234. The third-order valence-electron chi connectivity index (χ3n) is 2.84. The van der Waals surface area contributed by atoms with Crippen LogP contribution in [0.2, 0.25) is 5.02 Å². The van der Waals surface area contributed by atoms with Gasteiger partial charge in [0.05, 0.1) is 0 Å². The molecule has 0 amide bonds. The van der Waals surface area contributed by atoms with Gasteiger partial charge in [-0.15, -0.1) is 0 Å². The highest BCUT2D eigenvalue weighted by atomic mass is 35.5. The smallest absolute Gasteiger partial charge is 0.123 e. The van der Waals surface area contributed by atoms with E-state index in [1.807, 2.05) is 31.2 Å². The summed E-state index contributed by atoms with van der Waals surface area (Å²) in [6.45, 7) is 1.98. The van der Waals surface area contributed by atoms with Gasteiger partial charge in [0, 0.05) is 11.1 Å². The first-order chi connectivity index (χ1) is 8.54. The minimum atomic E-state index is -0.234. The Balaban J connectivity index is 2.19. The number of benzene rings is 2. The second kappa shape index (κ2) is 5.51. The van der Waals surface area contributed by atoms with Gasteiger partial charge in [0.25, 0.3) is 0 Å². The van der Waals surface area contributed by atoms with E-state index < -0.39 is 0 Å². The normalized spacial score (nSPS) is 12.4. The molecule has 2 aromatic rings. The number of hydrogen-bond donors (Lipinski definition) is 1. The Labute approximate surface area is 111 Å². The van der Waals surface area contributed by atoms with Crippen molar-refractivity contribution in [1.82, 2.24) is 0 Å². The van der Waals surface area contributed by atoms with E-state index >= 15 is 0 Å². The molecule has 0 aliphatic heterocycles. The topological polar surface area (TPSA) is 26.0 Å². The number of aryl methyl sites for hydroxylation is 1. The summed E-state index contributed by atoms with van der Waals surface area (Å²) in [4.78, 5) is 0. The van der Waals surface area contributed by atoms with Crippen molar-refractivity contribution in [2.45, 2.75) is 19.4 Å². The lowest BCUT2D eigenvalue weighted by atomic mass is 9.98. The van der Waals surface area contributed by atoms with Crippen LogP contribution in [0.4, 0.5) is 4.39 Å². The fourth-order valence-electron chi connectivity index (χ4n) is 2.01. The molecule has 0 aromatic heterocycles. The zero-order chi connectivity index (χ0) is 13.1.